The van der Waals surface area contributed by atoms with E-state index < -0.39 is 97.5 Å². The quantitative estimate of drug-likeness (QED) is 0.0222. The van der Waals surface area contributed by atoms with Crippen molar-refractivity contribution in [3.63, 3.8) is 0 Å². The SMILES string of the molecule is CCCCCCCCCCCCCCCCCCCCCCCC(=O)O[C@H](COC(=O)CCCCCCCCCCCCCCC(C)C)COP(=O)(O)OC[C@@H](O)COP(=O)(O)OC[C@@H](COC(=O)CCCCCCCCC)OC(=O)CCCCCCCCC(C)C. The minimum atomic E-state index is -4.95. The van der Waals surface area contributed by atoms with Crippen LogP contribution in [0.15, 0.2) is 0 Å². The number of carbonyl (C=O) groups excluding carboxylic acids is 4. The number of ether oxygens (including phenoxy) is 4. The fourth-order valence-corrected chi connectivity index (χ4v) is 12.7. The largest absolute Gasteiger partial charge is 0.472 e. The van der Waals surface area contributed by atoms with Crippen molar-refractivity contribution in [2.75, 3.05) is 39.6 Å². The number of aliphatic hydroxyl groups is 1. The van der Waals surface area contributed by atoms with Gasteiger partial charge < -0.3 is 33.8 Å². The van der Waals surface area contributed by atoms with Crippen LogP contribution in [0, 0.1) is 11.8 Å². The molecule has 0 heterocycles. The third-order valence-corrected chi connectivity index (χ3v) is 18.9. The van der Waals surface area contributed by atoms with Crippen LogP contribution in [0.5, 0.6) is 0 Å². The van der Waals surface area contributed by atoms with Crippen molar-refractivity contribution < 1.29 is 80.2 Å². The van der Waals surface area contributed by atoms with Gasteiger partial charge in [-0.15, -0.1) is 0 Å². The molecule has 0 aliphatic rings. The van der Waals surface area contributed by atoms with E-state index in [9.17, 15) is 43.2 Å². The van der Waals surface area contributed by atoms with Gasteiger partial charge in [0.1, 0.15) is 19.3 Å². The van der Waals surface area contributed by atoms with Crippen LogP contribution in [0.4, 0.5) is 0 Å². The first-order valence-corrected chi connectivity index (χ1v) is 41.0. The topological polar surface area (TPSA) is 237 Å². The van der Waals surface area contributed by atoms with E-state index in [4.69, 9.17) is 37.0 Å². The lowest BCUT2D eigenvalue weighted by Crippen LogP contribution is -2.30. The Hall–Kier alpha value is -1.94. The Bertz CT molecular complexity index is 1790. The molecule has 0 radical (unpaired) electrons. The van der Waals surface area contributed by atoms with E-state index in [-0.39, 0.29) is 25.7 Å². The van der Waals surface area contributed by atoms with Gasteiger partial charge in [0, 0.05) is 25.7 Å². The van der Waals surface area contributed by atoms with Crippen molar-refractivity contribution >= 4 is 39.5 Å². The Morgan fingerprint density at radius 1 is 0.293 bits per heavy atom. The number of hydrogen-bond donors (Lipinski definition) is 3. The Balaban J connectivity index is 5.14. The van der Waals surface area contributed by atoms with Gasteiger partial charge >= 0.3 is 39.5 Å². The summed E-state index contributed by atoms with van der Waals surface area (Å²) in [5.74, 6) is -0.679. The highest BCUT2D eigenvalue weighted by Gasteiger charge is 2.30. The highest BCUT2D eigenvalue weighted by Crippen LogP contribution is 2.45. The number of carbonyl (C=O) groups is 4. The molecule has 0 bridgehead atoms. The number of esters is 4. The van der Waals surface area contributed by atoms with E-state index in [0.29, 0.717) is 31.6 Å². The normalized spacial score (nSPS) is 14.1. The summed E-state index contributed by atoms with van der Waals surface area (Å²) in [5.41, 5.74) is 0. The summed E-state index contributed by atoms with van der Waals surface area (Å²) < 4.78 is 68.2. The number of phosphoric ester groups is 2. The fourth-order valence-electron chi connectivity index (χ4n) is 11.1. The molecule has 5 atom stereocenters. The molecule has 0 aromatic heterocycles. The van der Waals surface area contributed by atoms with Crippen molar-refractivity contribution in [3.05, 3.63) is 0 Å². The summed E-state index contributed by atoms with van der Waals surface area (Å²) in [6.45, 7) is 9.44. The van der Waals surface area contributed by atoms with E-state index in [1.54, 1.807) is 0 Å². The molecule has 0 aliphatic carbocycles. The Morgan fingerprint density at radius 2 is 0.500 bits per heavy atom. The number of hydrogen-bond acceptors (Lipinski definition) is 15. The number of unbranched alkanes of at least 4 members (excludes halogenated alkanes) is 42. The number of aliphatic hydroxyl groups excluding tert-OH is 1. The first-order valence-electron chi connectivity index (χ1n) is 38.0. The minimum absolute atomic E-state index is 0.102. The molecule has 546 valence electrons. The standard InChI is InChI=1S/C73H142O17P2/c1-7-9-11-13-15-16-17-18-19-20-21-22-23-24-25-26-31-34-38-45-51-57-72(77)89-68(62-84-71(76)56-50-44-37-33-30-28-27-29-32-36-41-47-53-65(3)4)63-87-91(79,80)85-59-67(74)60-86-92(81,82)88-64-69(61-83-70(75)55-49-43-35-14-12-10-8-2)90-73(78)58-52-46-40-39-42-48-54-66(5)6/h65-69,74H,7-64H2,1-6H3,(H,79,80)(H,81,82)/t67-,68-,69-/m1/s1. The number of phosphoric acid groups is 2. The predicted molar refractivity (Wildman–Crippen MR) is 372 cm³/mol. The molecule has 92 heavy (non-hydrogen) atoms. The third-order valence-electron chi connectivity index (χ3n) is 17.0. The summed E-state index contributed by atoms with van der Waals surface area (Å²) >= 11 is 0. The van der Waals surface area contributed by atoms with Crippen LogP contribution in [0.25, 0.3) is 0 Å². The first-order chi connectivity index (χ1) is 44.4. The maximum atomic E-state index is 13.1. The predicted octanol–water partition coefficient (Wildman–Crippen LogP) is 21.2. The molecule has 2 unspecified atom stereocenters. The van der Waals surface area contributed by atoms with Gasteiger partial charge in [0.15, 0.2) is 12.2 Å². The summed E-state index contributed by atoms with van der Waals surface area (Å²) in [6, 6.07) is 0. The van der Waals surface area contributed by atoms with Crippen LogP contribution < -0.4 is 0 Å². The molecule has 3 N–H and O–H groups in total. The molecule has 0 aromatic rings. The second-order valence-corrected chi connectivity index (χ2v) is 30.2. The van der Waals surface area contributed by atoms with Crippen LogP contribution in [0.3, 0.4) is 0 Å². The van der Waals surface area contributed by atoms with Gasteiger partial charge in [-0.05, 0) is 37.5 Å². The van der Waals surface area contributed by atoms with E-state index in [0.717, 1.165) is 109 Å². The van der Waals surface area contributed by atoms with Gasteiger partial charge in [0.05, 0.1) is 26.4 Å². The van der Waals surface area contributed by atoms with Crippen LogP contribution in [-0.4, -0.2) is 96.7 Å². The van der Waals surface area contributed by atoms with Gasteiger partial charge in [0.2, 0.25) is 0 Å². The third kappa shape index (κ3) is 66.7. The van der Waals surface area contributed by atoms with Crippen LogP contribution >= 0.6 is 15.6 Å². The van der Waals surface area contributed by atoms with Crippen molar-refractivity contribution in [1.29, 1.82) is 0 Å². The van der Waals surface area contributed by atoms with Crippen LogP contribution in [0.2, 0.25) is 0 Å². The monoisotopic (exact) mass is 1350 g/mol. The van der Waals surface area contributed by atoms with Gasteiger partial charge in [-0.2, -0.15) is 0 Å². The molecule has 0 aliphatic heterocycles. The summed E-state index contributed by atoms with van der Waals surface area (Å²) in [6.07, 6.45) is 51.9. The fraction of sp³-hybridized carbons (Fsp3) is 0.945. The van der Waals surface area contributed by atoms with Crippen molar-refractivity contribution in [3.8, 4) is 0 Å². The zero-order chi connectivity index (χ0) is 67.9. The van der Waals surface area contributed by atoms with Crippen molar-refractivity contribution in [2.24, 2.45) is 11.8 Å². The van der Waals surface area contributed by atoms with E-state index >= 15 is 0 Å². The molecule has 0 amide bonds. The lowest BCUT2D eigenvalue weighted by Gasteiger charge is -2.21. The van der Waals surface area contributed by atoms with Gasteiger partial charge in [-0.1, -0.05) is 324 Å². The smallest absolute Gasteiger partial charge is 0.462 e. The molecule has 0 fully saturated rings. The number of rotatable bonds is 72. The molecule has 0 spiro atoms. The van der Waals surface area contributed by atoms with E-state index in [1.807, 2.05) is 0 Å². The van der Waals surface area contributed by atoms with Crippen LogP contribution in [0.1, 0.15) is 375 Å². The molecular weight excluding hydrogens is 1210 g/mol. The zero-order valence-electron chi connectivity index (χ0n) is 59.9. The first kappa shape index (κ1) is 90.1. The average Bonchev–Trinajstić information content (AvgIpc) is 1.60. The van der Waals surface area contributed by atoms with Crippen molar-refractivity contribution in [2.45, 2.75) is 394 Å². The average molecular weight is 1350 g/mol. The molecule has 0 rings (SSSR count). The maximum absolute atomic E-state index is 13.1. The summed E-state index contributed by atoms with van der Waals surface area (Å²) in [4.78, 5) is 72.4. The summed E-state index contributed by atoms with van der Waals surface area (Å²) in [7, 11) is -9.90. The minimum Gasteiger partial charge on any atom is -0.462 e. The van der Waals surface area contributed by atoms with E-state index in [2.05, 4.69) is 41.5 Å². The van der Waals surface area contributed by atoms with Crippen LogP contribution in [-0.2, 0) is 65.4 Å². The summed E-state index contributed by atoms with van der Waals surface area (Å²) in [5, 5.41) is 10.6. The lowest BCUT2D eigenvalue weighted by atomic mass is 10.0. The Labute approximate surface area is 562 Å². The molecule has 0 saturated heterocycles. The van der Waals surface area contributed by atoms with Gasteiger partial charge in [-0.25, -0.2) is 9.13 Å². The second-order valence-electron chi connectivity index (χ2n) is 27.3. The highest BCUT2D eigenvalue weighted by atomic mass is 31.2. The molecule has 0 aromatic carbocycles. The molecule has 17 nitrogen and oxygen atoms in total. The highest BCUT2D eigenvalue weighted by molar-refractivity contribution is 7.47. The lowest BCUT2D eigenvalue weighted by molar-refractivity contribution is -0.161. The van der Waals surface area contributed by atoms with Gasteiger partial charge in [0.25, 0.3) is 0 Å². The Kier molecular flexibility index (Phi) is 63.7. The molecular formula is C73H142O17P2. The zero-order valence-corrected chi connectivity index (χ0v) is 61.6. The molecule has 19 heteroatoms. The Morgan fingerprint density at radius 3 is 0.739 bits per heavy atom. The van der Waals surface area contributed by atoms with Gasteiger partial charge in [-0.3, -0.25) is 37.3 Å². The second kappa shape index (κ2) is 65.0. The maximum Gasteiger partial charge on any atom is 0.472 e. The molecule has 0 saturated carbocycles. The van der Waals surface area contributed by atoms with Crippen molar-refractivity contribution in [1.82, 2.24) is 0 Å². The van der Waals surface area contributed by atoms with E-state index in [1.165, 1.54) is 180 Å².